The third-order valence-electron chi connectivity index (χ3n) is 3.35. The molecule has 0 saturated carbocycles. The Morgan fingerprint density at radius 3 is 3.11 bits per heavy atom. The highest BCUT2D eigenvalue weighted by Gasteiger charge is 2.20. The molecule has 1 aliphatic rings. The Kier molecular flexibility index (Phi) is 2.71. The molecule has 94 valence electrons. The molecule has 0 aliphatic carbocycles. The van der Waals surface area contributed by atoms with Gasteiger partial charge in [-0.15, -0.1) is 10.2 Å². The summed E-state index contributed by atoms with van der Waals surface area (Å²) in [6.45, 7) is 1.98. The van der Waals surface area contributed by atoms with E-state index in [1.54, 1.807) is 22.6 Å². The van der Waals surface area contributed by atoms with Gasteiger partial charge in [0.15, 0.2) is 5.65 Å². The van der Waals surface area contributed by atoms with Gasteiger partial charge >= 0.3 is 5.97 Å². The number of carboxylic acids is 1. The number of pyridine rings is 1. The number of aromatic carboxylic acids is 1. The molecule has 2 N–H and O–H groups in total. The van der Waals surface area contributed by atoms with Crippen LogP contribution in [-0.4, -0.2) is 38.8 Å². The van der Waals surface area contributed by atoms with Gasteiger partial charge in [-0.2, -0.15) is 0 Å². The van der Waals surface area contributed by atoms with Crippen LogP contribution in [-0.2, 0) is 6.42 Å². The van der Waals surface area contributed by atoms with E-state index < -0.39 is 5.97 Å². The fraction of sp³-hybridized carbons (Fsp3) is 0.417. The Bertz CT molecular complexity index is 587. The van der Waals surface area contributed by atoms with Crippen LogP contribution in [0, 0.1) is 5.92 Å². The first-order valence-electron chi connectivity index (χ1n) is 6.03. The van der Waals surface area contributed by atoms with E-state index in [1.807, 2.05) is 0 Å². The van der Waals surface area contributed by atoms with E-state index in [0.717, 1.165) is 31.8 Å². The number of rotatable bonds is 3. The molecule has 0 aromatic carbocycles. The number of nitrogens with one attached hydrogen (secondary N) is 1. The van der Waals surface area contributed by atoms with Crippen molar-refractivity contribution in [1.29, 1.82) is 0 Å². The van der Waals surface area contributed by atoms with Crippen LogP contribution in [0.4, 0.5) is 0 Å². The highest BCUT2D eigenvalue weighted by molar-refractivity contribution is 5.86. The standard InChI is InChI=1S/C12H14N4O2/c17-12(18)9-2-1-3-10-14-15-11(16(9)10)6-8-4-5-13-7-8/h1-3,8,13H,4-7H2,(H,17,18). The van der Waals surface area contributed by atoms with Crippen LogP contribution in [0.25, 0.3) is 5.65 Å². The third-order valence-corrected chi connectivity index (χ3v) is 3.35. The van der Waals surface area contributed by atoms with Gasteiger partial charge in [0, 0.05) is 6.42 Å². The van der Waals surface area contributed by atoms with Crippen molar-refractivity contribution in [3.8, 4) is 0 Å². The molecule has 18 heavy (non-hydrogen) atoms. The molecule has 2 aromatic heterocycles. The third kappa shape index (κ3) is 1.84. The molecule has 6 nitrogen and oxygen atoms in total. The zero-order valence-corrected chi connectivity index (χ0v) is 9.83. The smallest absolute Gasteiger partial charge is 0.352 e. The number of carbonyl (C=O) groups is 1. The molecule has 1 unspecified atom stereocenters. The van der Waals surface area contributed by atoms with Gasteiger partial charge in [0.2, 0.25) is 0 Å². The number of carboxylic acid groups (broad SMARTS) is 1. The fourth-order valence-electron chi connectivity index (χ4n) is 2.45. The van der Waals surface area contributed by atoms with E-state index in [1.165, 1.54) is 0 Å². The largest absolute Gasteiger partial charge is 0.477 e. The molecule has 0 amide bonds. The highest BCUT2D eigenvalue weighted by Crippen LogP contribution is 2.16. The van der Waals surface area contributed by atoms with Crippen LogP contribution in [0.2, 0.25) is 0 Å². The van der Waals surface area contributed by atoms with Crippen molar-refractivity contribution in [3.05, 3.63) is 29.7 Å². The SMILES string of the molecule is O=C(O)c1cccc2nnc(CC3CCNC3)n12. The van der Waals surface area contributed by atoms with Crippen molar-refractivity contribution in [3.63, 3.8) is 0 Å². The summed E-state index contributed by atoms with van der Waals surface area (Å²) in [5, 5.41) is 20.7. The van der Waals surface area contributed by atoms with Gasteiger partial charge in [0.05, 0.1) is 0 Å². The first-order chi connectivity index (χ1) is 8.75. The van der Waals surface area contributed by atoms with E-state index in [-0.39, 0.29) is 5.69 Å². The number of fused-ring (bicyclic) bond motifs is 1. The Morgan fingerprint density at radius 1 is 1.50 bits per heavy atom. The number of aromatic nitrogens is 3. The minimum Gasteiger partial charge on any atom is -0.477 e. The molecule has 2 aromatic rings. The van der Waals surface area contributed by atoms with Crippen LogP contribution in [0.15, 0.2) is 18.2 Å². The summed E-state index contributed by atoms with van der Waals surface area (Å²) in [7, 11) is 0. The molecule has 0 spiro atoms. The molecule has 1 saturated heterocycles. The van der Waals surface area contributed by atoms with Gasteiger partial charge in [-0.1, -0.05) is 6.07 Å². The van der Waals surface area contributed by atoms with E-state index in [9.17, 15) is 9.90 Å². The van der Waals surface area contributed by atoms with Crippen molar-refractivity contribution in [2.75, 3.05) is 13.1 Å². The van der Waals surface area contributed by atoms with E-state index >= 15 is 0 Å². The molecular formula is C12H14N4O2. The predicted octanol–water partition coefficient (Wildman–Crippen LogP) is 0.579. The lowest BCUT2D eigenvalue weighted by Gasteiger charge is -2.07. The highest BCUT2D eigenvalue weighted by atomic mass is 16.4. The minimum absolute atomic E-state index is 0.221. The van der Waals surface area contributed by atoms with Crippen molar-refractivity contribution >= 4 is 11.6 Å². The second kappa shape index (κ2) is 4.38. The maximum atomic E-state index is 11.2. The molecule has 3 heterocycles. The van der Waals surface area contributed by atoms with Gasteiger partial charge in [-0.25, -0.2) is 4.79 Å². The molecule has 3 rings (SSSR count). The first kappa shape index (κ1) is 11.2. The molecular weight excluding hydrogens is 232 g/mol. The summed E-state index contributed by atoms with van der Waals surface area (Å²) in [5.41, 5.74) is 0.814. The summed E-state index contributed by atoms with van der Waals surface area (Å²) in [4.78, 5) is 11.2. The molecule has 1 fully saturated rings. The fourth-order valence-corrected chi connectivity index (χ4v) is 2.45. The van der Waals surface area contributed by atoms with Crippen LogP contribution < -0.4 is 5.32 Å². The van der Waals surface area contributed by atoms with Gasteiger partial charge < -0.3 is 10.4 Å². The van der Waals surface area contributed by atoms with Gasteiger partial charge in [-0.3, -0.25) is 4.40 Å². The Balaban J connectivity index is 2.03. The molecule has 6 heteroatoms. The van der Waals surface area contributed by atoms with Crippen LogP contribution in [0.3, 0.4) is 0 Å². The summed E-state index contributed by atoms with van der Waals surface area (Å²) < 4.78 is 1.64. The summed E-state index contributed by atoms with van der Waals surface area (Å²) >= 11 is 0. The maximum absolute atomic E-state index is 11.2. The summed E-state index contributed by atoms with van der Waals surface area (Å²) in [5.74, 6) is 0.294. The first-order valence-corrected chi connectivity index (χ1v) is 6.03. The predicted molar refractivity (Wildman–Crippen MR) is 64.6 cm³/mol. The molecule has 1 aliphatic heterocycles. The molecule has 0 bridgehead atoms. The average molecular weight is 246 g/mol. The maximum Gasteiger partial charge on any atom is 0.352 e. The van der Waals surface area contributed by atoms with Gasteiger partial charge in [0.1, 0.15) is 11.5 Å². The van der Waals surface area contributed by atoms with E-state index in [4.69, 9.17) is 0 Å². The lowest BCUT2D eigenvalue weighted by molar-refractivity contribution is 0.0688. The van der Waals surface area contributed by atoms with Crippen molar-refractivity contribution < 1.29 is 9.90 Å². The van der Waals surface area contributed by atoms with Crippen LogP contribution in [0.1, 0.15) is 22.7 Å². The lowest BCUT2D eigenvalue weighted by atomic mass is 10.0. The van der Waals surface area contributed by atoms with Gasteiger partial charge in [-0.05, 0) is 37.6 Å². The van der Waals surface area contributed by atoms with Crippen molar-refractivity contribution in [2.45, 2.75) is 12.8 Å². The van der Waals surface area contributed by atoms with Crippen LogP contribution in [0.5, 0.6) is 0 Å². The Labute approximate surface area is 104 Å². The second-order valence-electron chi connectivity index (χ2n) is 4.59. The lowest BCUT2D eigenvalue weighted by Crippen LogP contribution is -2.14. The Hall–Kier alpha value is -1.95. The Morgan fingerprint density at radius 2 is 2.39 bits per heavy atom. The second-order valence-corrected chi connectivity index (χ2v) is 4.59. The minimum atomic E-state index is -0.953. The van der Waals surface area contributed by atoms with E-state index in [0.29, 0.717) is 11.6 Å². The topological polar surface area (TPSA) is 79.5 Å². The number of nitrogens with zero attached hydrogens (tertiary/aromatic N) is 3. The quantitative estimate of drug-likeness (QED) is 0.828. The van der Waals surface area contributed by atoms with E-state index in [2.05, 4.69) is 15.5 Å². The average Bonchev–Trinajstić information content (AvgIpc) is 2.99. The number of hydrogen-bond acceptors (Lipinski definition) is 4. The zero-order chi connectivity index (χ0) is 12.5. The summed E-state index contributed by atoms with van der Waals surface area (Å²) in [6, 6.07) is 5.04. The molecule has 1 atom stereocenters. The van der Waals surface area contributed by atoms with Gasteiger partial charge in [0.25, 0.3) is 0 Å². The monoisotopic (exact) mass is 246 g/mol. The molecule has 0 radical (unpaired) electrons. The zero-order valence-electron chi connectivity index (χ0n) is 9.83. The van der Waals surface area contributed by atoms with Crippen molar-refractivity contribution in [2.24, 2.45) is 5.92 Å². The normalized spacial score (nSPS) is 19.4. The van der Waals surface area contributed by atoms with Crippen molar-refractivity contribution in [1.82, 2.24) is 19.9 Å². The summed E-state index contributed by atoms with van der Waals surface area (Å²) in [6.07, 6.45) is 1.86. The van der Waals surface area contributed by atoms with Crippen LogP contribution >= 0.6 is 0 Å². The number of hydrogen-bond donors (Lipinski definition) is 2.